The number of unbranched alkanes of at least 4 members (excludes halogenated alkanes) is 1. The van der Waals surface area contributed by atoms with E-state index in [0.29, 0.717) is 26.1 Å². The lowest BCUT2D eigenvalue weighted by Gasteiger charge is -2.34. The first-order valence-corrected chi connectivity index (χ1v) is 9.94. The summed E-state index contributed by atoms with van der Waals surface area (Å²) in [5, 5.41) is 3.30. The molecule has 1 aromatic heterocycles. The molecule has 0 atom stereocenters. The van der Waals surface area contributed by atoms with Crippen molar-refractivity contribution >= 4 is 17.8 Å². The van der Waals surface area contributed by atoms with Crippen LogP contribution in [0.25, 0.3) is 0 Å². The van der Waals surface area contributed by atoms with E-state index in [-0.39, 0.29) is 5.91 Å². The number of amides is 1. The number of carbonyl (C=O) groups is 1. The number of aromatic nitrogens is 2. The van der Waals surface area contributed by atoms with Crippen molar-refractivity contribution in [2.24, 2.45) is 4.99 Å². The van der Waals surface area contributed by atoms with Crippen LogP contribution in [0.4, 0.5) is 5.95 Å². The maximum Gasteiger partial charge on any atom is 0.225 e. The molecule has 8 nitrogen and oxygen atoms in total. The highest BCUT2D eigenvalue weighted by atomic mass is 16.2. The Morgan fingerprint density at radius 1 is 1.22 bits per heavy atom. The molecule has 150 valence electrons. The first-order valence-electron chi connectivity index (χ1n) is 9.94. The molecule has 8 heteroatoms. The first kappa shape index (κ1) is 20.9. The molecule has 1 fully saturated rings. The minimum absolute atomic E-state index is 0.166. The summed E-state index contributed by atoms with van der Waals surface area (Å²) in [5.74, 6) is 1.78. The lowest BCUT2D eigenvalue weighted by Crippen LogP contribution is -2.49. The standard InChI is InChI=1S/C19H33N7O/c1-4-6-12-24(3)18(20-5-2)23-11-8-17(27)25-13-15-26(16-14-25)19-21-9-7-10-22-19/h7,9-10H,4-6,8,11-16H2,1-3H3,(H,20,23). The molecule has 0 spiro atoms. The van der Waals surface area contributed by atoms with E-state index in [1.165, 1.54) is 0 Å². The van der Waals surface area contributed by atoms with Gasteiger partial charge in [0, 0.05) is 65.1 Å². The zero-order valence-electron chi connectivity index (χ0n) is 16.9. The lowest BCUT2D eigenvalue weighted by atomic mass is 10.3. The third-order valence-electron chi connectivity index (χ3n) is 4.60. The van der Waals surface area contributed by atoms with Crippen molar-refractivity contribution in [2.45, 2.75) is 33.1 Å². The number of nitrogens with zero attached hydrogens (tertiary/aromatic N) is 6. The van der Waals surface area contributed by atoms with Gasteiger partial charge in [0.25, 0.3) is 0 Å². The number of hydrogen-bond acceptors (Lipinski definition) is 5. The summed E-state index contributed by atoms with van der Waals surface area (Å²) in [6.07, 6.45) is 6.23. The SMILES string of the molecule is CCCCN(C)C(=NCCC(=O)N1CCN(c2ncccn2)CC1)NCC. The second kappa shape index (κ2) is 11.4. The molecular formula is C19H33N7O. The average molecular weight is 376 g/mol. The first-order chi connectivity index (χ1) is 13.2. The van der Waals surface area contributed by atoms with E-state index >= 15 is 0 Å². The maximum absolute atomic E-state index is 12.5. The number of carbonyl (C=O) groups excluding carboxylic acids is 1. The Labute approximate surface area is 162 Å². The Morgan fingerprint density at radius 2 is 1.93 bits per heavy atom. The van der Waals surface area contributed by atoms with Gasteiger partial charge in [-0.2, -0.15) is 0 Å². The van der Waals surface area contributed by atoms with Crippen molar-refractivity contribution in [3.63, 3.8) is 0 Å². The van der Waals surface area contributed by atoms with E-state index in [1.807, 2.05) is 18.0 Å². The van der Waals surface area contributed by atoms with Gasteiger partial charge < -0.3 is 20.0 Å². The minimum Gasteiger partial charge on any atom is -0.357 e. The van der Waals surface area contributed by atoms with Gasteiger partial charge in [-0.25, -0.2) is 9.97 Å². The number of aliphatic imine (C=N–C) groups is 1. The fraction of sp³-hybridized carbons (Fsp3) is 0.684. The molecule has 1 aliphatic rings. The number of hydrogen-bond donors (Lipinski definition) is 1. The molecule has 0 unspecified atom stereocenters. The second-order valence-corrected chi connectivity index (χ2v) is 6.68. The monoisotopic (exact) mass is 375 g/mol. The van der Waals surface area contributed by atoms with Gasteiger partial charge >= 0.3 is 0 Å². The molecule has 0 radical (unpaired) electrons. The summed E-state index contributed by atoms with van der Waals surface area (Å²) in [6, 6.07) is 1.81. The molecule has 27 heavy (non-hydrogen) atoms. The van der Waals surface area contributed by atoms with Crippen LogP contribution < -0.4 is 10.2 Å². The van der Waals surface area contributed by atoms with Gasteiger partial charge in [0.05, 0.1) is 6.54 Å². The smallest absolute Gasteiger partial charge is 0.225 e. The highest BCUT2D eigenvalue weighted by molar-refractivity contribution is 5.81. The largest absolute Gasteiger partial charge is 0.357 e. The van der Waals surface area contributed by atoms with Crippen LogP contribution in [0.3, 0.4) is 0 Å². The van der Waals surface area contributed by atoms with E-state index in [4.69, 9.17) is 0 Å². The van der Waals surface area contributed by atoms with E-state index in [0.717, 1.165) is 50.9 Å². The molecule has 1 aliphatic heterocycles. The molecule has 2 heterocycles. The van der Waals surface area contributed by atoms with Crippen molar-refractivity contribution in [3.8, 4) is 0 Å². The Bertz CT molecular complexity index is 585. The van der Waals surface area contributed by atoms with Crippen LogP contribution in [0, 0.1) is 0 Å². The molecule has 1 aromatic rings. The zero-order valence-corrected chi connectivity index (χ0v) is 16.9. The van der Waals surface area contributed by atoms with Gasteiger partial charge in [-0.3, -0.25) is 9.79 Å². The third-order valence-corrected chi connectivity index (χ3v) is 4.60. The fourth-order valence-electron chi connectivity index (χ4n) is 3.00. The van der Waals surface area contributed by atoms with E-state index in [9.17, 15) is 4.79 Å². The van der Waals surface area contributed by atoms with Gasteiger partial charge in [0.2, 0.25) is 11.9 Å². The van der Waals surface area contributed by atoms with Gasteiger partial charge in [0.15, 0.2) is 5.96 Å². The van der Waals surface area contributed by atoms with Crippen molar-refractivity contribution in [3.05, 3.63) is 18.5 Å². The van der Waals surface area contributed by atoms with Gasteiger partial charge in [-0.05, 0) is 19.4 Å². The Kier molecular flexibility index (Phi) is 8.80. The zero-order chi connectivity index (χ0) is 19.5. The Balaban J connectivity index is 1.78. The quantitative estimate of drug-likeness (QED) is 0.544. The average Bonchev–Trinajstić information content (AvgIpc) is 2.72. The van der Waals surface area contributed by atoms with E-state index < -0.39 is 0 Å². The number of guanidine groups is 1. The van der Waals surface area contributed by atoms with Gasteiger partial charge in [0.1, 0.15) is 0 Å². The molecule has 0 aliphatic carbocycles. The van der Waals surface area contributed by atoms with Crippen LogP contribution in [0.1, 0.15) is 33.1 Å². The molecule has 1 saturated heterocycles. The normalized spacial score (nSPS) is 15.0. The Hall–Kier alpha value is -2.38. The highest BCUT2D eigenvalue weighted by Gasteiger charge is 2.22. The third kappa shape index (κ3) is 6.69. The Morgan fingerprint density at radius 3 is 2.56 bits per heavy atom. The lowest BCUT2D eigenvalue weighted by molar-refractivity contribution is -0.131. The molecular weight excluding hydrogens is 342 g/mol. The number of rotatable bonds is 8. The molecule has 1 amide bonds. The van der Waals surface area contributed by atoms with Crippen LogP contribution in [-0.2, 0) is 4.79 Å². The van der Waals surface area contributed by atoms with Crippen LogP contribution >= 0.6 is 0 Å². The predicted molar refractivity (Wildman–Crippen MR) is 109 cm³/mol. The van der Waals surface area contributed by atoms with Crippen LogP contribution in [0.5, 0.6) is 0 Å². The molecule has 2 rings (SSSR count). The number of anilines is 1. The van der Waals surface area contributed by atoms with Crippen molar-refractivity contribution in [2.75, 3.05) is 57.8 Å². The van der Waals surface area contributed by atoms with Crippen molar-refractivity contribution < 1.29 is 4.79 Å². The van der Waals surface area contributed by atoms with Gasteiger partial charge in [-0.15, -0.1) is 0 Å². The van der Waals surface area contributed by atoms with Gasteiger partial charge in [-0.1, -0.05) is 13.3 Å². The topological polar surface area (TPSA) is 77.0 Å². The second-order valence-electron chi connectivity index (χ2n) is 6.68. The number of nitrogens with one attached hydrogen (secondary N) is 1. The predicted octanol–water partition coefficient (Wildman–Crippen LogP) is 1.21. The van der Waals surface area contributed by atoms with Crippen LogP contribution in [0.2, 0.25) is 0 Å². The fourth-order valence-corrected chi connectivity index (χ4v) is 3.00. The summed E-state index contributed by atoms with van der Waals surface area (Å²) in [7, 11) is 2.05. The molecule has 0 bridgehead atoms. The minimum atomic E-state index is 0.166. The van der Waals surface area contributed by atoms with Crippen molar-refractivity contribution in [1.82, 2.24) is 25.1 Å². The van der Waals surface area contributed by atoms with Crippen LogP contribution in [0.15, 0.2) is 23.5 Å². The number of piperazine rings is 1. The molecule has 0 aromatic carbocycles. The van der Waals surface area contributed by atoms with E-state index in [2.05, 4.69) is 43.9 Å². The molecule has 1 N–H and O–H groups in total. The summed E-state index contributed by atoms with van der Waals surface area (Å²) in [6.45, 7) is 9.49. The summed E-state index contributed by atoms with van der Waals surface area (Å²) >= 11 is 0. The summed E-state index contributed by atoms with van der Waals surface area (Å²) in [5.41, 5.74) is 0. The van der Waals surface area contributed by atoms with E-state index in [1.54, 1.807) is 12.4 Å². The summed E-state index contributed by atoms with van der Waals surface area (Å²) in [4.78, 5) is 31.8. The summed E-state index contributed by atoms with van der Waals surface area (Å²) < 4.78 is 0. The maximum atomic E-state index is 12.5. The van der Waals surface area contributed by atoms with Crippen molar-refractivity contribution in [1.29, 1.82) is 0 Å². The van der Waals surface area contributed by atoms with Crippen LogP contribution in [-0.4, -0.2) is 84.5 Å². The molecule has 0 saturated carbocycles. The highest BCUT2D eigenvalue weighted by Crippen LogP contribution is 2.10.